The van der Waals surface area contributed by atoms with Crippen LogP contribution in [0.5, 0.6) is 0 Å². The van der Waals surface area contributed by atoms with Crippen LogP contribution in [0.3, 0.4) is 0 Å². The normalized spacial score (nSPS) is 33.3. The van der Waals surface area contributed by atoms with Gasteiger partial charge in [0.1, 0.15) is 0 Å². The molecule has 0 aromatic heterocycles. The number of imide groups is 1. The van der Waals surface area contributed by atoms with E-state index in [0.717, 1.165) is 41.9 Å². The minimum Gasteiger partial charge on any atom is -0.453 e. The SMILES string of the molecule is C[C@H](OC(=O)CCCNC(=O)C12CC3CC(CC(C3)C1)C2)C(=O)N1CCNC1=O. The topological polar surface area (TPSA) is 105 Å². The van der Waals surface area contributed by atoms with E-state index in [0.29, 0.717) is 19.5 Å². The molecule has 8 heteroatoms. The fourth-order valence-corrected chi connectivity index (χ4v) is 6.22. The van der Waals surface area contributed by atoms with Gasteiger partial charge < -0.3 is 15.4 Å². The Morgan fingerprint density at radius 3 is 2.34 bits per heavy atom. The van der Waals surface area contributed by atoms with Crippen LogP contribution in [-0.4, -0.2) is 54.5 Å². The van der Waals surface area contributed by atoms with Crippen molar-refractivity contribution in [2.75, 3.05) is 19.6 Å². The summed E-state index contributed by atoms with van der Waals surface area (Å²) >= 11 is 0. The van der Waals surface area contributed by atoms with Crippen LogP contribution in [-0.2, 0) is 19.1 Å². The lowest BCUT2D eigenvalue weighted by molar-refractivity contribution is -0.157. The first kappa shape index (κ1) is 20.2. The predicted octanol–water partition coefficient (Wildman–Crippen LogP) is 1.58. The van der Waals surface area contributed by atoms with E-state index in [4.69, 9.17) is 4.74 Å². The molecular formula is C21H31N3O5. The van der Waals surface area contributed by atoms with Gasteiger partial charge in [-0.25, -0.2) is 4.79 Å². The van der Waals surface area contributed by atoms with Gasteiger partial charge >= 0.3 is 12.0 Å². The maximum Gasteiger partial charge on any atom is 0.324 e. The van der Waals surface area contributed by atoms with E-state index < -0.39 is 24.0 Å². The molecule has 5 aliphatic rings. The first-order valence-corrected chi connectivity index (χ1v) is 10.9. The van der Waals surface area contributed by atoms with Crippen molar-refractivity contribution in [2.24, 2.45) is 23.2 Å². The molecular weight excluding hydrogens is 374 g/mol. The number of esters is 1. The van der Waals surface area contributed by atoms with Crippen molar-refractivity contribution in [3.05, 3.63) is 0 Å². The Bertz CT molecular complexity index is 671. The summed E-state index contributed by atoms with van der Waals surface area (Å²) in [7, 11) is 0. The molecule has 0 radical (unpaired) electrons. The fraction of sp³-hybridized carbons (Fsp3) is 0.810. The quantitative estimate of drug-likeness (QED) is 0.494. The van der Waals surface area contributed by atoms with Crippen LogP contribution >= 0.6 is 0 Å². The maximum absolute atomic E-state index is 12.9. The highest BCUT2D eigenvalue weighted by Crippen LogP contribution is 2.60. The van der Waals surface area contributed by atoms with Gasteiger partial charge in [0, 0.05) is 31.5 Å². The molecule has 0 spiro atoms. The molecule has 4 amide bonds. The Kier molecular flexibility index (Phi) is 5.53. The number of nitrogens with zero attached hydrogens (tertiary/aromatic N) is 1. The second-order valence-electron chi connectivity index (χ2n) is 9.41. The zero-order chi connectivity index (χ0) is 20.6. The zero-order valence-corrected chi connectivity index (χ0v) is 17.1. The number of urea groups is 1. The van der Waals surface area contributed by atoms with Crippen molar-refractivity contribution in [3.8, 4) is 0 Å². The highest BCUT2D eigenvalue weighted by Gasteiger charge is 2.54. The van der Waals surface area contributed by atoms with E-state index in [2.05, 4.69) is 10.6 Å². The van der Waals surface area contributed by atoms with Gasteiger partial charge in [-0.2, -0.15) is 0 Å². The summed E-state index contributed by atoms with van der Waals surface area (Å²) in [5.41, 5.74) is -0.174. The number of rotatable bonds is 7. The lowest BCUT2D eigenvalue weighted by atomic mass is 9.49. The molecule has 0 aromatic rings. The summed E-state index contributed by atoms with van der Waals surface area (Å²) in [6.07, 6.45) is 6.58. The lowest BCUT2D eigenvalue weighted by Crippen LogP contribution is -2.53. The molecule has 160 valence electrons. The summed E-state index contributed by atoms with van der Waals surface area (Å²) in [5.74, 6) is 1.32. The first-order chi connectivity index (χ1) is 13.9. The number of nitrogens with one attached hydrogen (secondary N) is 2. The third kappa shape index (κ3) is 4.12. The van der Waals surface area contributed by atoms with Crippen LogP contribution in [0.25, 0.3) is 0 Å². The molecule has 4 bridgehead atoms. The molecule has 1 heterocycles. The van der Waals surface area contributed by atoms with Crippen LogP contribution in [0.2, 0.25) is 0 Å². The largest absolute Gasteiger partial charge is 0.453 e. The van der Waals surface area contributed by atoms with Crippen LogP contribution in [0.1, 0.15) is 58.3 Å². The number of amides is 4. The highest BCUT2D eigenvalue weighted by atomic mass is 16.5. The summed E-state index contributed by atoms with van der Waals surface area (Å²) in [4.78, 5) is 49.6. The van der Waals surface area contributed by atoms with Gasteiger partial charge in [-0.15, -0.1) is 0 Å². The summed E-state index contributed by atoms with van der Waals surface area (Å²) in [6.45, 7) is 2.61. The van der Waals surface area contributed by atoms with Gasteiger partial charge in [-0.1, -0.05) is 0 Å². The standard InChI is InChI=1S/C21H31N3O5/c1-13(18(26)24-6-5-23-20(24)28)29-17(25)3-2-4-22-19(27)21-10-14-7-15(11-21)9-16(8-14)12-21/h13-16H,2-12H2,1H3,(H,22,27)(H,23,28)/t13-,14?,15?,16?,21?/m0/s1. The molecule has 4 saturated carbocycles. The third-order valence-electron chi connectivity index (χ3n) is 7.14. The number of carbonyl (C=O) groups is 4. The van der Waals surface area contributed by atoms with Gasteiger partial charge in [-0.05, 0) is 69.6 Å². The Balaban J connectivity index is 1.17. The molecule has 8 nitrogen and oxygen atoms in total. The monoisotopic (exact) mass is 405 g/mol. The van der Waals surface area contributed by atoms with Crippen LogP contribution in [0.4, 0.5) is 4.79 Å². The maximum atomic E-state index is 12.9. The molecule has 29 heavy (non-hydrogen) atoms. The number of hydrogen-bond acceptors (Lipinski definition) is 5. The molecule has 4 aliphatic carbocycles. The van der Waals surface area contributed by atoms with Gasteiger partial charge in [0.25, 0.3) is 5.91 Å². The molecule has 1 aliphatic heterocycles. The van der Waals surface area contributed by atoms with Crippen molar-refractivity contribution >= 4 is 23.8 Å². The van der Waals surface area contributed by atoms with Gasteiger partial charge in [0.15, 0.2) is 6.10 Å². The second-order valence-corrected chi connectivity index (χ2v) is 9.41. The Hall–Kier alpha value is -2.12. The smallest absolute Gasteiger partial charge is 0.324 e. The summed E-state index contributed by atoms with van der Waals surface area (Å²) < 4.78 is 5.16. The van der Waals surface area contributed by atoms with E-state index >= 15 is 0 Å². The molecule has 1 saturated heterocycles. The van der Waals surface area contributed by atoms with Crippen LogP contribution in [0.15, 0.2) is 0 Å². The molecule has 0 aromatic carbocycles. The lowest BCUT2D eigenvalue weighted by Gasteiger charge is -2.55. The van der Waals surface area contributed by atoms with Gasteiger partial charge in [-0.3, -0.25) is 19.3 Å². The molecule has 2 N–H and O–H groups in total. The van der Waals surface area contributed by atoms with Crippen LogP contribution in [0, 0.1) is 23.2 Å². The van der Waals surface area contributed by atoms with E-state index in [1.54, 1.807) is 0 Å². The number of hydrogen-bond donors (Lipinski definition) is 2. The van der Waals surface area contributed by atoms with Crippen molar-refractivity contribution < 1.29 is 23.9 Å². The average molecular weight is 405 g/mol. The average Bonchev–Trinajstić information content (AvgIpc) is 3.09. The number of carbonyl (C=O) groups excluding carboxylic acids is 4. The molecule has 1 atom stereocenters. The zero-order valence-electron chi connectivity index (χ0n) is 17.1. The van der Waals surface area contributed by atoms with Gasteiger partial charge in [0.2, 0.25) is 5.91 Å². The van der Waals surface area contributed by atoms with E-state index in [1.807, 2.05) is 0 Å². The minimum atomic E-state index is -0.993. The molecule has 5 rings (SSSR count). The Morgan fingerprint density at radius 2 is 1.79 bits per heavy atom. The van der Waals surface area contributed by atoms with Crippen LogP contribution < -0.4 is 10.6 Å². The summed E-state index contributed by atoms with van der Waals surface area (Å²) in [6, 6.07) is -0.453. The van der Waals surface area contributed by atoms with E-state index in [-0.39, 0.29) is 24.3 Å². The van der Waals surface area contributed by atoms with Crippen molar-refractivity contribution in [1.82, 2.24) is 15.5 Å². The van der Waals surface area contributed by atoms with Crippen molar-refractivity contribution in [1.29, 1.82) is 0 Å². The molecule has 0 unspecified atom stereocenters. The highest BCUT2D eigenvalue weighted by molar-refractivity contribution is 5.98. The Morgan fingerprint density at radius 1 is 1.17 bits per heavy atom. The molecule has 5 fully saturated rings. The second kappa shape index (κ2) is 7.95. The first-order valence-electron chi connectivity index (χ1n) is 10.9. The minimum absolute atomic E-state index is 0.130. The van der Waals surface area contributed by atoms with E-state index in [9.17, 15) is 19.2 Å². The number of ether oxygens (including phenoxy) is 1. The van der Waals surface area contributed by atoms with Crippen molar-refractivity contribution in [3.63, 3.8) is 0 Å². The van der Waals surface area contributed by atoms with E-state index in [1.165, 1.54) is 26.2 Å². The summed E-state index contributed by atoms with van der Waals surface area (Å²) in [5, 5.41) is 5.59. The van der Waals surface area contributed by atoms with Gasteiger partial charge in [0.05, 0.1) is 0 Å². The Labute approximate surface area is 171 Å². The van der Waals surface area contributed by atoms with Crippen molar-refractivity contribution in [2.45, 2.75) is 64.4 Å². The fourth-order valence-electron chi connectivity index (χ4n) is 6.22. The third-order valence-corrected chi connectivity index (χ3v) is 7.14. The predicted molar refractivity (Wildman–Crippen MR) is 104 cm³/mol.